The van der Waals surface area contributed by atoms with E-state index in [-0.39, 0.29) is 0 Å². The minimum absolute atomic E-state index is 0.667. The minimum atomic E-state index is -3.08. The molecule has 0 fully saturated rings. The largest absolute Gasteiger partial charge is 0.284 e. The molecule has 0 spiro atoms. The molecule has 314 valence electrons. The molecule has 0 bridgehead atoms. The Morgan fingerprint density at radius 3 is 0.531 bits per heavy atom. The highest BCUT2D eigenvalue weighted by molar-refractivity contribution is 8.34. The van der Waals surface area contributed by atoms with Crippen molar-refractivity contribution >= 4 is 126 Å². The molecule has 0 unspecified atom stereocenters. The Balaban J connectivity index is 1.44. The average Bonchev–Trinajstić information content (AvgIpc) is 3.38. The Hall–Kier alpha value is -4.89. The van der Waals surface area contributed by atoms with E-state index >= 15 is 0 Å². The van der Waals surface area contributed by atoms with Crippen molar-refractivity contribution in [1.29, 1.82) is 0 Å². The van der Waals surface area contributed by atoms with Crippen LogP contribution >= 0.6 is 24.8 Å². The molecule has 1 aromatic heterocycles. The normalized spacial score (nSPS) is 12.0. The molecular weight excluding hydrogens is 931 g/mol. The summed E-state index contributed by atoms with van der Waals surface area (Å²) in [5.41, 5.74) is 0. The molecule has 8 aromatic carbocycles. The van der Waals surface area contributed by atoms with E-state index in [1.807, 2.05) is 48.5 Å². The molecule has 0 saturated heterocycles. The predicted octanol–water partition coefficient (Wildman–Crippen LogP) is 10.9. The van der Waals surface area contributed by atoms with Gasteiger partial charge in [0.2, 0.25) is 0 Å². The van der Waals surface area contributed by atoms with Crippen molar-refractivity contribution in [3.8, 4) is 0 Å². The molecule has 1 heterocycles. The van der Waals surface area contributed by atoms with E-state index in [0.717, 1.165) is 42.4 Å². The average molecular weight is 974 g/mol. The number of nitrogens with zero attached hydrogens (tertiary/aromatic N) is 3. The first-order valence-corrected chi connectivity index (χ1v) is 31.8. The Bertz CT molecular complexity index is 2590. The Morgan fingerprint density at radius 2 is 0.375 bits per heavy atom. The van der Waals surface area contributed by atoms with Crippen LogP contribution in [0.3, 0.4) is 0 Å². The van der Waals surface area contributed by atoms with Crippen LogP contribution < -0.4 is 51.3 Å². The Morgan fingerprint density at radius 1 is 0.219 bits per heavy atom. The van der Waals surface area contributed by atoms with Gasteiger partial charge >= 0.3 is 0 Å². The molecule has 0 radical (unpaired) electrons. The molecular formula is C53H43N3P4S4. The lowest BCUT2D eigenvalue weighted by molar-refractivity contribution is 1.27. The van der Waals surface area contributed by atoms with Gasteiger partial charge in [0.15, 0.2) is 0 Å². The predicted molar refractivity (Wildman–Crippen MR) is 295 cm³/mol. The molecule has 64 heavy (non-hydrogen) atoms. The molecule has 9 aromatic rings. The van der Waals surface area contributed by atoms with Crippen LogP contribution in [0.25, 0.3) is 0 Å². The number of anilines is 2. The number of hydrogen-bond acceptors (Lipinski definition) is 5. The Kier molecular flexibility index (Phi) is 13.4. The van der Waals surface area contributed by atoms with Crippen LogP contribution in [0.5, 0.6) is 0 Å². The van der Waals surface area contributed by atoms with E-state index < -0.39 is 24.8 Å². The van der Waals surface area contributed by atoms with E-state index in [0.29, 0.717) is 11.6 Å². The zero-order chi connectivity index (χ0) is 44.0. The van der Waals surface area contributed by atoms with Gasteiger partial charge in [0, 0.05) is 42.4 Å². The van der Waals surface area contributed by atoms with Crippen LogP contribution in [0.4, 0.5) is 11.6 Å². The zero-order valence-corrected chi connectivity index (χ0v) is 41.4. The fraction of sp³-hybridized carbons (Fsp3) is 0. The third-order valence-corrected chi connectivity index (χ3v) is 33.7. The van der Waals surface area contributed by atoms with Crippen molar-refractivity contribution in [2.45, 2.75) is 0 Å². The summed E-state index contributed by atoms with van der Waals surface area (Å²) in [6, 6.07) is 90.2. The highest BCUT2D eigenvalue weighted by Gasteiger charge is 2.45. The topological polar surface area (TPSA) is 19.4 Å². The summed E-state index contributed by atoms with van der Waals surface area (Å²) < 4.78 is 4.79. The van der Waals surface area contributed by atoms with Crippen LogP contribution in [-0.4, -0.2) is 4.98 Å². The maximum Gasteiger partial charge on any atom is 0.139 e. The van der Waals surface area contributed by atoms with Crippen molar-refractivity contribution < 1.29 is 0 Å². The van der Waals surface area contributed by atoms with Crippen molar-refractivity contribution in [3.63, 3.8) is 0 Å². The molecule has 11 heteroatoms. The van der Waals surface area contributed by atoms with Gasteiger partial charge in [0.1, 0.15) is 11.6 Å². The van der Waals surface area contributed by atoms with E-state index in [4.69, 9.17) is 52.2 Å². The van der Waals surface area contributed by atoms with Gasteiger partial charge in [-0.2, -0.15) is 0 Å². The number of rotatable bonds is 14. The van der Waals surface area contributed by atoms with Gasteiger partial charge in [-0.3, -0.25) is 8.88 Å². The lowest BCUT2D eigenvalue weighted by Crippen LogP contribution is -2.38. The summed E-state index contributed by atoms with van der Waals surface area (Å²) in [5, 5.41) is 8.10. The fourth-order valence-corrected chi connectivity index (χ4v) is 31.2. The molecule has 0 aliphatic heterocycles. The van der Waals surface area contributed by atoms with Gasteiger partial charge in [-0.1, -0.05) is 296 Å². The summed E-state index contributed by atoms with van der Waals surface area (Å²) in [4.78, 5) is 5.94. The summed E-state index contributed by atoms with van der Waals surface area (Å²) in [6.45, 7) is 0. The first-order chi connectivity index (χ1) is 31.3. The molecule has 0 atom stereocenters. The number of pyridine rings is 1. The molecule has 0 aliphatic rings. The molecule has 0 amide bonds. The second-order valence-corrected chi connectivity index (χ2v) is 32.2. The highest BCUT2D eigenvalue weighted by Crippen LogP contribution is 2.68. The third-order valence-electron chi connectivity index (χ3n) is 11.0. The van der Waals surface area contributed by atoms with Gasteiger partial charge in [-0.05, 0) is 12.1 Å². The van der Waals surface area contributed by atoms with Gasteiger partial charge in [-0.15, -0.1) is 0 Å². The monoisotopic (exact) mass is 973 g/mol. The summed E-state index contributed by atoms with van der Waals surface area (Å²) in [5.74, 6) is 1.33. The van der Waals surface area contributed by atoms with Crippen molar-refractivity contribution in [2.75, 3.05) is 8.88 Å². The Labute approximate surface area is 397 Å². The van der Waals surface area contributed by atoms with E-state index in [2.05, 4.69) is 221 Å². The third kappa shape index (κ3) is 8.09. The van der Waals surface area contributed by atoms with E-state index in [1.54, 1.807) is 0 Å². The number of benzene rings is 8. The molecule has 3 nitrogen and oxygen atoms in total. The van der Waals surface area contributed by atoms with Crippen LogP contribution in [-0.2, 0) is 47.2 Å². The first kappa shape index (κ1) is 44.3. The van der Waals surface area contributed by atoms with Crippen LogP contribution in [0.15, 0.2) is 261 Å². The summed E-state index contributed by atoms with van der Waals surface area (Å²) in [6.07, 6.45) is -12.3. The van der Waals surface area contributed by atoms with Crippen molar-refractivity contribution in [1.82, 2.24) is 4.98 Å². The lowest BCUT2D eigenvalue weighted by atomic mass is 10.4. The molecule has 0 N–H and O–H groups in total. The van der Waals surface area contributed by atoms with Crippen LogP contribution in [0.2, 0.25) is 0 Å². The molecule has 0 aliphatic carbocycles. The maximum absolute atomic E-state index is 7.37. The van der Waals surface area contributed by atoms with Gasteiger partial charge in [0.05, 0.1) is 24.8 Å². The SMILES string of the molecule is S=P(c1ccccc1)(c1ccccc1)N(c1cccc(N(P(=S)(c2ccccc2)c2ccccc2)P(=S)(c2ccccc2)c2ccccc2)n1)P(=S)(c1ccccc1)c1ccccc1. The second-order valence-electron chi connectivity index (χ2n) is 14.9. The van der Waals surface area contributed by atoms with Crippen molar-refractivity contribution in [3.05, 3.63) is 261 Å². The minimum Gasteiger partial charge on any atom is -0.284 e. The van der Waals surface area contributed by atoms with Crippen LogP contribution in [0.1, 0.15) is 0 Å². The van der Waals surface area contributed by atoms with Gasteiger partial charge in [-0.25, -0.2) is 4.98 Å². The van der Waals surface area contributed by atoms with E-state index in [9.17, 15) is 0 Å². The lowest BCUT2D eigenvalue weighted by Gasteiger charge is -2.47. The quantitative estimate of drug-likeness (QED) is 0.0999. The fourth-order valence-electron chi connectivity index (χ4n) is 8.08. The number of hydrogen-bond donors (Lipinski definition) is 0. The second kappa shape index (κ2) is 19.3. The van der Waals surface area contributed by atoms with Crippen molar-refractivity contribution in [2.24, 2.45) is 0 Å². The van der Waals surface area contributed by atoms with Crippen LogP contribution in [0, 0.1) is 0 Å². The summed E-state index contributed by atoms with van der Waals surface area (Å²) >= 11 is 29.5. The standard InChI is InChI=1S/C53H43N3P4S4/c61-57(44-26-9-1-10-27-44,45-28-11-2-12-29-45)55(58(62,46-30-13-3-14-31-46)47-32-15-4-16-33-47)52-42-25-43-53(54-52)56(59(63,48-34-17-5-18-35-48)49-36-19-6-20-37-49)60(64,50-38-21-7-22-39-50)51-40-23-8-24-41-51/h1-43H. The van der Waals surface area contributed by atoms with E-state index in [1.165, 1.54) is 0 Å². The first-order valence-electron chi connectivity index (χ1n) is 20.7. The van der Waals surface area contributed by atoms with Gasteiger partial charge < -0.3 is 0 Å². The number of aromatic nitrogens is 1. The molecule has 0 saturated carbocycles. The molecule has 9 rings (SSSR count). The highest BCUT2D eigenvalue weighted by atomic mass is 32.5. The maximum atomic E-state index is 7.37. The van der Waals surface area contributed by atoms with Gasteiger partial charge in [0.25, 0.3) is 0 Å². The summed E-state index contributed by atoms with van der Waals surface area (Å²) in [7, 11) is 0. The zero-order valence-electron chi connectivity index (χ0n) is 34.6. The smallest absolute Gasteiger partial charge is 0.139 e.